The number of hydrogen-bond acceptors (Lipinski definition) is 4. The first-order valence-electron chi connectivity index (χ1n) is 7.53. The number of benzene rings is 1. The quantitative estimate of drug-likeness (QED) is 0.868. The summed E-state index contributed by atoms with van der Waals surface area (Å²) in [6.07, 6.45) is 5.20. The number of amides is 1. The van der Waals surface area contributed by atoms with Crippen molar-refractivity contribution in [2.75, 3.05) is 19.6 Å². The van der Waals surface area contributed by atoms with E-state index in [1.807, 2.05) is 23.1 Å². The molecule has 0 N–H and O–H groups in total. The summed E-state index contributed by atoms with van der Waals surface area (Å²) in [6.45, 7) is 4.84. The van der Waals surface area contributed by atoms with Crippen LogP contribution in [0.4, 0.5) is 0 Å². The molecule has 1 aliphatic rings. The fourth-order valence-electron chi connectivity index (χ4n) is 2.96. The van der Waals surface area contributed by atoms with E-state index in [0.29, 0.717) is 0 Å². The summed E-state index contributed by atoms with van der Waals surface area (Å²) in [5.41, 5.74) is 2.15. The minimum absolute atomic E-state index is 0.101. The van der Waals surface area contributed by atoms with Crippen LogP contribution in [0, 0.1) is 0 Å². The highest BCUT2D eigenvalue weighted by atomic mass is 16.2. The van der Waals surface area contributed by atoms with Gasteiger partial charge in [0.1, 0.15) is 0 Å². The monoisotopic (exact) mass is 296 g/mol. The normalized spacial score (nSPS) is 19.1. The van der Waals surface area contributed by atoms with Crippen LogP contribution in [0.5, 0.6) is 0 Å². The molecule has 1 aliphatic heterocycles. The number of nitrogens with zero attached hydrogens (tertiary/aromatic N) is 4. The van der Waals surface area contributed by atoms with E-state index in [1.54, 1.807) is 25.5 Å². The van der Waals surface area contributed by atoms with E-state index in [2.05, 4.69) is 27.0 Å². The second-order valence-corrected chi connectivity index (χ2v) is 5.57. The summed E-state index contributed by atoms with van der Waals surface area (Å²) in [4.78, 5) is 24.7. The Hall–Kier alpha value is -2.27. The maximum absolute atomic E-state index is 11.9. The van der Waals surface area contributed by atoms with Gasteiger partial charge in [-0.15, -0.1) is 0 Å². The van der Waals surface area contributed by atoms with Gasteiger partial charge in [-0.1, -0.05) is 30.3 Å². The molecule has 1 saturated heterocycles. The van der Waals surface area contributed by atoms with Crippen molar-refractivity contribution >= 4 is 5.91 Å². The van der Waals surface area contributed by atoms with E-state index < -0.39 is 0 Å². The summed E-state index contributed by atoms with van der Waals surface area (Å²) in [6, 6.07) is 10.3. The smallest absolute Gasteiger partial charge is 0.220 e. The van der Waals surface area contributed by atoms with Crippen LogP contribution in [0.2, 0.25) is 0 Å². The molecule has 1 amide bonds. The Kier molecular flexibility index (Phi) is 4.44. The SMILES string of the molecule is CC(=O)N1CCN(Cc2cnccn2)C[C@H]1c1ccccc1. The molecule has 1 fully saturated rings. The lowest BCUT2D eigenvalue weighted by molar-refractivity contribution is -0.134. The Labute approximate surface area is 130 Å². The third kappa shape index (κ3) is 3.31. The molecule has 0 bridgehead atoms. The van der Waals surface area contributed by atoms with Crippen molar-refractivity contribution < 1.29 is 4.79 Å². The molecule has 2 aromatic rings. The first kappa shape index (κ1) is 14.7. The van der Waals surface area contributed by atoms with E-state index in [0.717, 1.165) is 31.9 Å². The highest BCUT2D eigenvalue weighted by molar-refractivity contribution is 5.74. The molecule has 1 aromatic heterocycles. The van der Waals surface area contributed by atoms with Crippen molar-refractivity contribution in [3.63, 3.8) is 0 Å². The van der Waals surface area contributed by atoms with Crippen LogP contribution in [-0.2, 0) is 11.3 Å². The molecule has 2 heterocycles. The third-order valence-electron chi connectivity index (χ3n) is 4.06. The van der Waals surface area contributed by atoms with Gasteiger partial charge in [-0.2, -0.15) is 0 Å². The minimum Gasteiger partial charge on any atom is -0.333 e. The molecule has 0 unspecified atom stereocenters. The number of rotatable bonds is 3. The number of piperazine rings is 1. The Balaban J connectivity index is 1.77. The third-order valence-corrected chi connectivity index (χ3v) is 4.06. The van der Waals surface area contributed by atoms with Crippen LogP contribution in [0.1, 0.15) is 24.2 Å². The minimum atomic E-state index is 0.101. The molecule has 0 spiro atoms. The molecule has 0 radical (unpaired) electrons. The molecular weight excluding hydrogens is 276 g/mol. The van der Waals surface area contributed by atoms with Crippen LogP contribution < -0.4 is 0 Å². The van der Waals surface area contributed by atoms with Gasteiger partial charge in [0.2, 0.25) is 5.91 Å². The molecule has 3 rings (SSSR count). The highest BCUT2D eigenvalue weighted by Gasteiger charge is 2.29. The Bertz CT molecular complexity index is 617. The van der Waals surface area contributed by atoms with Gasteiger partial charge in [-0.3, -0.25) is 19.7 Å². The fourth-order valence-corrected chi connectivity index (χ4v) is 2.96. The maximum Gasteiger partial charge on any atom is 0.220 e. The number of carbonyl (C=O) groups is 1. The summed E-state index contributed by atoms with van der Waals surface area (Å²) in [7, 11) is 0. The molecule has 5 heteroatoms. The van der Waals surface area contributed by atoms with Crippen LogP contribution in [0.3, 0.4) is 0 Å². The van der Waals surface area contributed by atoms with E-state index >= 15 is 0 Å². The summed E-state index contributed by atoms with van der Waals surface area (Å²) in [5.74, 6) is 0.132. The van der Waals surface area contributed by atoms with Gasteiger partial charge < -0.3 is 4.90 Å². The predicted octanol–water partition coefficient (Wildman–Crippen LogP) is 1.88. The lowest BCUT2D eigenvalue weighted by Gasteiger charge is -2.41. The van der Waals surface area contributed by atoms with Crippen molar-refractivity contribution in [1.29, 1.82) is 0 Å². The molecular formula is C17H20N4O. The molecule has 22 heavy (non-hydrogen) atoms. The zero-order valence-corrected chi connectivity index (χ0v) is 12.7. The van der Waals surface area contributed by atoms with Gasteiger partial charge >= 0.3 is 0 Å². The van der Waals surface area contributed by atoms with Crippen molar-refractivity contribution in [2.24, 2.45) is 0 Å². The zero-order chi connectivity index (χ0) is 15.4. The van der Waals surface area contributed by atoms with Gasteiger partial charge in [0.05, 0.1) is 11.7 Å². The van der Waals surface area contributed by atoms with Crippen molar-refractivity contribution in [1.82, 2.24) is 19.8 Å². The van der Waals surface area contributed by atoms with Gasteiger partial charge in [-0.05, 0) is 5.56 Å². The number of carbonyl (C=O) groups excluding carboxylic acids is 1. The Morgan fingerprint density at radius 1 is 1.23 bits per heavy atom. The molecule has 1 aromatic carbocycles. The van der Waals surface area contributed by atoms with Crippen LogP contribution in [-0.4, -0.2) is 45.3 Å². The molecule has 114 valence electrons. The second kappa shape index (κ2) is 6.66. The van der Waals surface area contributed by atoms with Crippen LogP contribution in [0.25, 0.3) is 0 Å². The summed E-state index contributed by atoms with van der Waals surface area (Å²) >= 11 is 0. The van der Waals surface area contributed by atoms with Gasteiger partial charge in [-0.25, -0.2) is 0 Å². The standard InChI is InChI=1S/C17H20N4O/c1-14(22)21-10-9-20(12-16-11-18-7-8-19-16)13-17(21)15-5-3-2-4-6-15/h2-8,11,17H,9-10,12-13H2,1H3/t17-/m0/s1. The van der Waals surface area contributed by atoms with E-state index in [-0.39, 0.29) is 11.9 Å². The molecule has 5 nitrogen and oxygen atoms in total. The number of aromatic nitrogens is 2. The highest BCUT2D eigenvalue weighted by Crippen LogP contribution is 2.26. The molecule has 0 aliphatic carbocycles. The second-order valence-electron chi connectivity index (χ2n) is 5.57. The van der Waals surface area contributed by atoms with E-state index in [1.165, 1.54) is 5.56 Å². The Morgan fingerprint density at radius 3 is 2.73 bits per heavy atom. The largest absolute Gasteiger partial charge is 0.333 e. The van der Waals surface area contributed by atoms with E-state index in [9.17, 15) is 4.79 Å². The molecule has 0 saturated carbocycles. The summed E-state index contributed by atoms with van der Waals surface area (Å²) < 4.78 is 0. The summed E-state index contributed by atoms with van der Waals surface area (Å²) in [5, 5.41) is 0. The van der Waals surface area contributed by atoms with Gasteiger partial charge in [0.15, 0.2) is 0 Å². The average Bonchev–Trinajstić information content (AvgIpc) is 2.56. The van der Waals surface area contributed by atoms with Crippen molar-refractivity contribution in [3.05, 3.63) is 60.2 Å². The maximum atomic E-state index is 11.9. The van der Waals surface area contributed by atoms with E-state index in [4.69, 9.17) is 0 Å². The lowest BCUT2D eigenvalue weighted by atomic mass is 10.0. The first-order chi connectivity index (χ1) is 10.7. The topological polar surface area (TPSA) is 49.3 Å². The van der Waals surface area contributed by atoms with Gasteiger partial charge in [0.25, 0.3) is 0 Å². The Morgan fingerprint density at radius 2 is 2.05 bits per heavy atom. The van der Waals surface area contributed by atoms with Crippen LogP contribution in [0.15, 0.2) is 48.9 Å². The fraction of sp³-hybridized carbons (Fsp3) is 0.353. The lowest BCUT2D eigenvalue weighted by Crippen LogP contribution is -2.49. The molecule has 1 atom stereocenters. The van der Waals surface area contributed by atoms with Gasteiger partial charge in [0, 0.05) is 51.7 Å². The predicted molar refractivity (Wildman–Crippen MR) is 83.9 cm³/mol. The van der Waals surface area contributed by atoms with Crippen molar-refractivity contribution in [3.8, 4) is 0 Å². The zero-order valence-electron chi connectivity index (χ0n) is 12.7. The van der Waals surface area contributed by atoms with Crippen molar-refractivity contribution in [2.45, 2.75) is 19.5 Å². The van der Waals surface area contributed by atoms with Crippen LogP contribution >= 0.6 is 0 Å². The first-order valence-corrected chi connectivity index (χ1v) is 7.53. The number of hydrogen-bond donors (Lipinski definition) is 0. The average molecular weight is 296 g/mol.